The van der Waals surface area contributed by atoms with Crippen molar-refractivity contribution in [2.75, 3.05) is 6.61 Å². The molecule has 0 atom stereocenters. The first-order valence-electron chi connectivity index (χ1n) is 7.16. The highest BCUT2D eigenvalue weighted by molar-refractivity contribution is 5.79. The van der Waals surface area contributed by atoms with Gasteiger partial charge in [-0.2, -0.15) is 0 Å². The number of para-hydroxylation sites is 2. The van der Waals surface area contributed by atoms with Crippen LogP contribution in [0.5, 0.6) is 0 Å². The predicted octanol–water partition coefficient (Wildman–Crippen LogP) is 0.632. The van der Waals surface area contributed by atoms with Gasteiger partial charge in [-0.3, -0.25) is 18.7 Å². The van der Waals surface area contributed by atoms with E-state index in [9.17, 15) is 14.4 Å². The van der Waals surface area contributed by atoms with E-state index in [0.717, 1.165) is 17.5 Å². The van der Waals surface area contributed by atoms with Gasteiger partial charge in [0, 0.05) is 13.1 Å². The first-order valence-corrected chi connectivity index (χ1v) is 7.16. The normalized spacial score (nSPS) is 10.8. The number of carbonyl (C=O) groups is 2. The molecule has 0 aliphatic rings. The Morgan fingerprint density at radius 3 is 2.27 bits per heavy atom. The van der Waals surface area contributed by atoms with Crippen molar-refractivity contribution in [1.29, 1.82) is 0 Å². The van der Waals surface area contributed by atoms with Gasteiger partial charge in [-0.15, -0.1) is 0 Å². The molecule has 1 amide bonds. The highest BCUT2D eigenvalue weighted by Gasteiger charge is 2.13. The van der Waals surface area contributed by atoms with Gasteiger partial charge in [0.1, 0.15) is 0 Å². The number of nitrogens with zero attached hydrogens (tertiary/aromatic N) is 2. The second-order valence-electron chi connectivity index (χ2n) is 4.95. The molecule has 0 fully saturated rings. The minimum absolute atomic E-state index is 0.00726. The maximum atomic E-state index is 12.5. The first kappa shape index (κ1) is 15.8. The van der Waals surface area contributed by atoms with Gasteiger partial charge >= 0.3 is 11.7 Å². The molecule has 2 N–H and O–H groups in total. The number of aryl methyl sites for hydroxylation is 2. The molecular formula is C15H19N3O4. The predicted molar refractivity (Wildman–Crippen MR) is 81.3 cm³/mol. The molecule has 7 nitrogen and oxygen atoms in total. The van der Waals surface area contributed by atoms with Gasteiger partial charge < -0.3 is 10.5 Å². The molecule has 0 aliphatic heterocycles. The molecule has 0 unspecified atom stereocenters. The number of imidazole rings is 1. The lowest BCUT2D eigenvalue weighted by Gasteiger charge is -2.04. The van der Waals surface area contributed by atoms with E-state index in [0.29, 0.717) is 6.54 Å². The summed E-state index contributed by atoms with van der Waals surface area (Å²) in [5.41, 5.74) is 6.39. The van der Waals surface area contributed by atoms with E-state index in [2.05, 4.69) is 0 Å². The van der Waals surface area contributed by atoms with E-state index < -0.39 is 18.5 Å². The van der Waals surface area contributed by atoms with E-state index in [4.69, 9.17) is 10.5 Å². The zero-order valence-corrected chi connectivity index (χ0v) is 12.4. The van der Waals surface area contributed by atoms with Crippen LogP contribution in [0.1, 0.15) is 19.8 Å². The number of hydrogen-bond acceptors (Lipinski definition) is 4. The summed E-state index contributed by atoms with van der Waals surface area (Å²) < 4.78 is 7.95. The molecule has 7 heteroatoms. The van der Waals surface area contributed by atoms with Gasteiger partial charge in [-0.05, 0) is 18.6 Å². The van der Waals surface area contributed by atoms with Gasteiger partial charge in [-0.25, -0.2) is 4.79 Å². The number of rotatable bonds is 7. The average molecular weight is 305 g/mol. The van der Waals surface area contributed by atoms with Crippen molar-refractivity contribution in [3.63, 3.8) is 0 Å². The molecule has 1 heterocycles. The van der Waals surface area contributed by atoms with E-state index >= 15 is 0 Å². The van der Waals surface area contributed by atoms with Crippen LogP contribution < -0.4 is 11.4 Å². The molecule has 22 heavy (non-hydrogen) atoms. The summed E-state index contributed by atoms with van der Waals surface area (Å²) in [4.78, 5) is 34.6. The molecule has 1 aromatic heterocycles. The fraction of sp³-hybridized carbons (Fsp3) is 0.400. The smallest absolute Gasteiger partial charge is 0.329 e. The quantitative estimate of drug-likeness (QED) is 0.759. The van der Waals surface area contributed by atoms with Crippen molar-refractivity contribution >= 4 is 22.9 Å². The molecule has 1 aromatic carbocycles. The fourth-order valence-corrected chi connectivity index (χ4v) is 2.36. The Morgan fingerprint density at radius 1 is 1.14 bits per heavy atom. The van der Waals surface area contributed by atoms with Crippen LogP contribution in [0, 0.1) is 0 Å². The summed E-state index contributed by atoms with van der Waals surface area (Å²) in [5, 5.41) is 0. The summed E-state index contributed by atoms with van der Waals surface area (Å²) in [7, 11) is 0. The highest BCUT2D eigenvalue weighted by Crippen LogP contribution is 2.13. The minimum atomic E-state index is -0.704. The lowest BCUT2D eigenvalue weighted by atomic mass is 10.3. The minimum Gasteiger partial charge on any atom is -0.456 e. The third-order valence-electron chi connectivity index (χ3n) is 3.29. The number of primary amides is 1. The molecule has 0 bridgehead atoms. The molecule has 0 saturated carbocycles. The Bertz CT molecular complexity index is 745. The number of ether oxygens (including phenoxy) is 1. The number of hydrogen-bond donors (Lipinski definition) is 1. The van der Waals surface area contributed by atoms with Crippen molar-refractivity contribution in [1.82, 2.24) is 9.13 Å². The van der Waals surface area contributed by atoms with Crippen LogP contribution >= 0.6 is 0 Å². The summed E-state index contributed by atoms with van der Waals surface area (Å²) >= 11 is 0. The number of aromatic nitrogens is 2. The van der Waals surface area contributed by atoms with Crippen LogP contribution in [0.15, 0.2) is 29.1 Å². The Labute approximate surface area is 127 Å². The van der Waals surface area contributed by atoms with Crippen LogP contribution in [0.2, 0.25) is 0 Å². The van der Waals surface area contributed by atoms with Gasteiger partial charge in [0.05, 0.1) is 17.5 Å². The number of esters is 1. The Kier molecular flexibility index (Phi) is 4.98. The fourth-order valence-electron chi connectivity index (χ4n) is 2.36. The maximum absolute atomic E-state index is 12.5. The molecule has 2 rings (SSSR count). The Balaban J connectivity index is 2.21. The SMILES string of the molecule is CCCn1c(=O)n(CCC(=O)OCC(N)=O)c2ccccc21. The van der Waals surface area contributed by atoms with E-state index in [1.54, 1.807) is 9.13 Å². The van der Waals surface area contributed by atoms with Crippen LogP contribution in [-0.2, 0) is 27.4 Å². The Morgan fingerprint density at radius 2 is 1.73 bits per heavy atom. The average Bonchev–Trinajstić information content (AvgIpc) is 2.76. The number of fused-ring (bicyclic) bond motifs is 1. The maximum Gasteiger partial charge on any atom is 0.329 e. The highest BCUT2D eigenvalue weighted by atomic mass is 16.5. The second kappa shape index (κ2) is 6.93. The van der Waals surface area contributed by atoms with Crippen LogP contribution in [0.3, 0.4) is 0 Å². The van der Waals surface area contributed by atoms with Crippen molar-refractivity contribution in [3.8, 4) is 0 Å². The number of amides is 1. The van der Waals surface area contributed by atoms with Gasteiger partial charge in [0.15, 0.2) is 6.61 Å². The Hall–Kier alpha value is -2.57. The van der Waals surface area contributed by atoms with Gasteiger partial charge in [0.25, 0.3) is 5.91 Å². The number of benzene rings is 1. The largest absolute Gasteiger partial charge is 0.456 e. The van der Waals surface area contributed by atoms with Crippen LogP contribution in [0.25, 0.3) is 11.0 Å². The monoisotopic (exact) mass is 305 g/mol. The van der Waals surface area contributed by atoms with Crippen LogP contribution in [-0.4, -0.2) is 27.6 Å². The molecule has 0 saturated heterocycles. The van der Waals surface area contributed by atoms with Gasteiger partial charge in [-0.1, -0.05) is 19.1 Å². The number of carbonyl (C=O) groups excluding carboxylic acids is 2. The molecule has 0 radical (unpaired) electrons. The van der Waals surface area contributed by atoms with Gasteiger partial charge in [0.2, 0.25) is 0 Å². The summed E-state index contributed by atoms with van der Waals surface area (Å²) in [6.45, 7) is 2.39. The van der Waals surface area contributed by atoms with E-state index in [1.807, 2.05) is 31.2 Å². The van der Waals surface area contributed by atoms with Crippen molar-refractivity contribution in [2.24, 2.45) is 5.73 Å². The molecular weight excluding hydrogens is 286 g/mol. The lowest BCUT2D eigenvalue weighted by molar-refractivity contribution is -0.147. The third-order valence-corrected chi connectivity index (χ3v) is 3.29. The van der Waals surface area contributed by atoms with Crippen molar-refractivity contribution < 1.29 is 14.3 Å². The molecule has 2 aromatic rings. The first-order chi connectivity index (χ1) is 10.5. The van der Waals surface area contributed by atoms with E-state index in [-0.39, 0.29) is 18.7 Å². The topological polar surface area (TPSA) is 96.3 Å². The molecule has 0 aliphatic carbocycles. The summed E-state index contributed by atoms with van der Waals surface area (Å²) in [6.07, 6.45) is 0.849. The standard InChI is InChI=1S/C15H19N3O4/c1-2-8-17-11-5-3-4-6-12(11)18(15(17)21)9-7-14(20)22-10-13(16)19/h3-6H,2,7-10H2,1H3,(H2,16,19). The zero-order chi connectivity index (χ0) is 16.1. The summed E-state index contributed by atoms with van der Waals surface area (Å²) in [5.74, 6) is -1.26. The molecule has 0 spiro atoms. The van der Waals surface area contributed by atoms with E-state index in [1.165, 1.54) is 0 Å². The second-order valence-corrected chi connectivity index (χ2v) is 4.95. The number of nitrogens with two attached hydrogens (primary N) is 1. The summed E-state index contributed by atoms with van der Waals surface area (Å²) in [6, 6.07) is 7.45. The zero-order valence-electron chi connectivity index (χ0n) is 12.4. The molecule has 118 valence electrons. The van der Waals surface area contributed by atoms with Crippen molar-refractivity contribution in [3.05, 3.63) is 34.7 Å². The van der Waals surface area contributed by atoms with Crippen molar-refractivity contribution in [2.45, 2.75) is 32.9 Å². The third kappa shape index (κ3) is 3.36. The lowest BCUT2D eigenvalue weighted by Crippen LogP contribution is -2.26. The van der Waals surface area contributed by atoms with Crippen LogP contribution in [0.4, 0.5) is 0 Å².